The maximum Gasteiger partial charge on any atom is 0.292 e. The van der Waals surface area contributed by atoms with Gasteiger partial charge < -0.3 is 14.8 Å². The number of hydrogen-bond acceptors (Lipinski definition) is 3. The summed E-state index contributed by atoms with van der Waals surface area (Å²) in [4.78, 5) is 11.7. The lowest BCUT2D eigenvalue weighted by molar-refractivity contribution is 0.0467. The number of pyridine rings is 1. The third-order valence-electron chi connectivity index (χ3n) is 3.58. The first-order valence-corrected chi connectivity index (χ1v) is 5.78. The van der Waals surface area contributed by atoms with E-state index < -0.39 is 0 Å². The molecule has 0 aromatic carbocycles. The van der Waals surface area contributed by atoms with Crippen LogP contribution in [0.15, 0.2) is 17.1 Å². The van der Waals surface area contributed by atoms with Crippen LogP contribution < -0.4 is 5.56 Å². The minimum atomic E-state index is -0.332. The van der Waals surface area contributed by atoms with Crippen LogP contribution in [-0.2, 0) is 0 Å². The highest BCUT2D eigenvalue weighted by atomic mass is 16.3. The first-order chi connectivity index (χ1) is 7.65. The lowest BCUT2D eigenvalue weighted by Crippen LogP contribution is -2.36. The average Bonchev–Trinajstić information content (AvgIpc) is 3.01. The summed E-state index contributed by atoms with van der Waals surface area (Å²) in [5, 5.41) is 18.8. The van der Waals surface area contributed by atoms with Crippen LogP contribution in [0.25, 0.3) is 0 Å². The summed E-state index contributed by atoms with van der Waals surface area (Å²) in [6.45, 7) is 0. The molecule has 0 aliphatic heterocycles. The van der Waals surface area contributed by atoms with Gasteiger partial charge in [0.2, 0.25) is 0 Å². The van der Waals surface area contributed by atoms with E-state index in [1.54, 1.807) is 10.6 Å². The summed E-state index contributed by atoms with van der Waals surface area (Å²) in [6, 6.07) is 1.65. The standard InChI is InChI=1S/C12H15NO3/c14-10-4-9(5-10)13-6-8(7-1-2-7)3-11(15)12(13)16/h3,6-7,9-10,14-15H,1-2,4-5H2. The van der Waals surface area contributed by atoms with Gasteiger partial charge in [0.05, 0.1) is 6.10 Å². The predicted octanol–water partition coefficient (Wildman–Crippen LogP) is 1.13. The normalized spacial score (nSPS) is 28.8. The van der Waals surface area contributed by atoms with Crippen LogP contribution in [0.4, 0.5) is 0 Å². The minimum Gasteiger partial charge on any atom is -0.503 e. The summed E-state index contributed by atoms with van der Waals surface area (Å²) >= 11 is 0. The molecule has 0 saturated heterocycles. The van der Waals surface area contributed by atoms with E-state index in [1.165, 1.54) is 0 Å². The summed E-state index contributed by atoms with van der Waals surface area (Å²) < 4.78 is 1.59. The summed E-state index contributed by atoms with van der Waals surface area (Å²) in [5.41, 5.74) is 0.722. The molecule has 2 fully saturated rings. The molecule has 4 nitrogen and oxygen atoms in total. The number of aromatic nitrogens is 1. The topological polar surface area (TPSA) is 62.5 Å². The highest BCUT2D eigenvalue weighted by molar-refractivity contribution is 5.29. The largest absolute Gasteiger partial charge is 0.503 e. The van der Waals surface area contributed by atoms with Crippen molar-refractivity contribution in [3.8, 4) is 5.75 Å². The zero-order chi connectivity index (χ0) is 11.3. The van der Waals surface area contributed by atoms with Gasteiger partial charge in [-0.1, -0.05) is 0 Å². The van der Waals surface area contributed by atoms with Crippen LogP contribution in [0.1, 0.15) is 43.2 Å². The fourth-order valence-electron chi connectivity index (χ4n) is 2.31. The first kappa shape index (κ1) is 9.90. The summed E-state index contributed by atoms with van der Waals surface area (Å²) in [5.74, 6) is 0.355. The van der Waals surface area contributed by atoms with Crippen LogP contribution in [0.2, 0.25) is 0 Å². The Kier molecular flexibility index (Phi) is 2.07. The smallest absolute Gasteiger partial charge is 0.292 e. The monoisotopic (exact) mass is 221 g/mol. The van der Waals surface area contributed by atoms with Crippen LogP contribution in [0.3, 0.4) is 0 Å². The van der Waals surface area contributed by atoms with Crippen molar-refractivity contribution < 1.29 is 10.2 Å². The number of nitrogens with zero attached hydrogens (tertiary/aromatic N) is 1. The van der Waals surface area contributed by atoms with Gasteiger partial charge in [0, 0.05) is 12.2 Å². The SMILES string of the molecule is O=c1c(O)cc(C2CC2)cn1C1CC(O)C1. The number of aromatic hydroxyl groups is 1. The molecule has 0 radical (unpaired) electrons. The van der Waals surface area contributed by atoms with Crippen molar-refractivity contribution >= 4 is 0 Å². The molecule has 0 spiro atoms. The van der Waals surface area contributed by atoms with Crippen molar-refractivity contribution in [3.63, 3.8) is 0 Å². The maximum atomic E-state index is 11.7. The Hall–Kier alpha value is -1.29. The van der Waals surface area contributed by atoms with Gasteiger partial charge in [-0.15, -0.1) is 0 Å². The molecule has 86 valence electrons. The molecule has 0 amide bonds. The quantitative estimate of drug-likeness (QED) is 0.786. The van der Waals surface area contributed by atoms with Crippen molar-refractivity contribution in [1.82, 2.24) is 4.57 Å². The van der Waals surface area contributed by atoms with E-state index in [9.17, 15) is 15.0 Å². The summed E-state index contributed by atoms with van der Waals surface area (Å²) in [7, 11) is 0. The van der Waals surface area contributed by atoms with E-state index in [1.807, 2.05) is 6.20 Å². The lowest BCUT2D eigenvalue weighted by Gasteiger charge is -2.33. The van der Waals surface area contributed by atoms with Crippen molar-refractivity contribution in [1.29, 1.82) is 0 Å². The number of aliphatic hydroxyl groups is 1. The van der Waals surface area contributed by atoms with Gasteiger partial charge in [-0.2, -0.15) is 0 Å². The number of aliphatic hydroxyl groups excluding tert-OH is 1. The van der Waals surface area contributed by atoms with Crippen molar-refractivity contribution in [3.05, 3.63) is 28.2 Å². The highest BCUT2D eigenvalue weighted by Crippen LogP contribution is 2.41. The molecule has 1 aromatic rings. The second-order valence-electron chi connectivity index (χ2n) is 4.92. The molecule has 0 atom stereocenters. The third kappa shape index (κ3) is 1.53. The first-order valence-electron chi connectivity index (χ1n) is 5.78. The Morgan fingerprint density at radius 1 is 1.31 bits per heavy atom. The molecule has 1 heterocycles. The molecule has 2 aliphatic carbocycles. The van der Waals surface area contributed by atoms with Gasteiger partial charge in [0.25, 0.3) is 5.56 Å². The fourth-order valence-corrected chi connectivity index (χ4v) is 2.31. The van der Waals surface area contributed by atoms with Gasteiger partial charge in [0.1, 0.15) is 0 Å². The Labute approximate surface area is 93.2 Å². The predicted molar refractivity (Wildman–Crippen MR) is 58.6 cm³/mol. The Balaban J connectivity index is 1.98. The molecular formula is C12H15NO3. The van der Waals surface area contributed by atoms with Crippen LogP contribution in [-0.4, -0.2) is 20.9 Å². The van der Waals surface area contributed by atoms with Crippen LogP contribution >= 0.6 is 0 Å². The molecule has 2 saturated carbocycles. The lowest BCUT2D eigenvalue weighted by atomic mass is 9.89. The molecule has 2 N–H and O–H groups in total. The zero-order valence-corrected chi connectivity index (χ0v) is 8.97. The molecule has 3 rings (SSSR count). The van der Waals surface area contributed by atoms with Gasteiger partial charge in [-0.05, 0) is 43.2 Å². The Bertz CT molecular complexity index is 470. The molecule has 16 heavy (non-hydrogen) atoms. The average molecular weight is 221 g/mol. The molecule has 1 aromatic heterocycles. The van der Waals surface area contributed by atoms with E-state index >= 15 is 0 Å². The van der Waals surface area contributed by atoms with Gasteiger partial charge >= 0.3 is 0 Å². The third-order valence-corrected chi connectivity index (χ3v) is 3.58. The summed E-state index contributed by atoms with van der Waals surface area (Å²) in [6.07, 6.45) is 5.09. The molecular weight excluding hydrogens is 206 g/mol. The van der Waals surface area contributed by atoms with Gasteiger partial charge in [-0.3, -0.25) is 4.79 Å². The second kappa shape index (κ2) is 3.35. The maximum absolute atomic E-state index is 11.7. The van der Waals surface area contributed by atoms with Crippen molar-refractivity contribution in [2.75, 3.05) is 0 Å². The molecule has 0 unspecified atom stereocenters. The Morgan fingerprint density at radius 2 is 2.00 bits per heavy atom. The van der Waals surface area contributed by atoms with Crippen molar-refractivity contribution in [2.24, 2.45) is 0 Å². The van der Waals surface area contributed by atoms with Crippen LogP contribution in [0.5, 0.6) is 5.75 Å². The van der Waals surface area contributed by atoms with E-state index in [0.29, 0.717) is 18.8 Å². The fraction of sp³-hybridized carbons (Fsp3) is 0.583. The second-order valence-corrected chi connectivity index (χ2v) is 4.92. The molecule has 0 bridgehead atoms. The van der Waals surface area contributed by atoms with Gasteiger partial charge in [-0.25, -0.2) is 0 Å². The molecule has 4 heteroatoms. The minimum absolute atomic E-state index is 0.0621. The van der Waals surface area contributed by atoms with E-state index in [4.69, 9.17) is 0 Å². The van der Waals surface area contributed by atoms with Gasteiger partial charge in [0.15, 0.2) is 5.75 Å². The van der Waals surface area contributed by atoms with E-state index in [0.717, 1.165) is 18.4 Å². The van der Waals surface area contributed by atoms with E-state index in [-0.39, 0.29) is 23.5 Å². The van der Waals surface area contributed by atoms with E-state index in [2.05, 4.69) is 0 Å². The number of rotatable bonds is 2. The van der Waals surface area contributed by atoms with Crippen molar-refractivity contribution in [2.45, 2.75) is 43.7 Å². The zero-order valence-electron chi connectivity index (χ0n) is 8.97. The molecule has 2 aliphatic rings. The van der Waals surface area contributed by atoms with Crippen LogP contribution in [0, 0.1) is 0 Å². The number of hydrogen-bond donors (Lipinski definition) is 2. The highest BCUT2D eigenvalue weighted by Gasteiger charge is 2.31. The Morgan fingerprint density at radius 3 is 2.56 bits per heavy atom.